The number of rotatable bonds is 6. The SMILES string of the molecule is N#CC(C(=O)COc1ccc(Br)cc1F)c1nc(-c2ccccc2)cs1. The quantitative estimate of drug-likeness (QED) is 0.553. The van der Waals surface area contributed by atoms with Crippen LogP contribution in [0.5, 0.6) is 5.75 Å². The standard InChI is InChI=1S/C19H12BrFN2O2S/c20-13-6-7-18(15(21)8-13)25-10-17(24)14(9-22)19-23-16(11-26-19)12-4-2-1-3-5-12/h1-8,11,14H,10H2. The van der Waals surface area contributed by atoms with Crippen LogP contribution < -0.4 is 4.74 Å². The third kappa shape index (κ3) is 4.15. The molecule has 2 aromatic carbocycles. The molecular weight excluding hydrogens is 419 g/mol. The molecule has 0 aliphatic rings. The van der Waals surface area contributed by atoms with Crippen molar-refractivity contribution in [2.24, 2.45) is 0 Å². The van der Waals surface area contributed by atoms with Gasteiger partial charge in [0.15, 0.2) is 23.3 Å². The molecule has 0 N–H and O–H groups in total. The molecule has 3 aromatic rings. The number of nitrogens with zero attached hydrogens (tertiary/aromatic N) is 2. The van der Waals surface area contributed by atoms with Gasteiger partial charge in [0.25, 0.3) is 0 Å². The Morgan fingerprint density at radius 1 is 1.31 bits per heavy atom. The van der Waals surface area contributed by atoms with Gasteiger partial charge in [-0.05, 0) is 18.2 Å². The van der Waals surface area contributed by atoms with Crippen LogP contribution in [0.4, 0.5) is 4.39 Å². The van der Waals surface area contributed by atoms with Crippen molar-refractivity contribution in [3.63, 3.8) is 0 Å². The molecule has 0 amide bonds. The molecule has 0 spiro atoms. The number of aromatic nitrogens is 1. The minimum Gasteiger partial charge on any atom is -0.483 e. The third-order valence-electron chi connectivity index (χ3n) is 3.55. The van der Waals surface area contributed by atoms with Crippen molar-refractivity contribution in [1.82, 2.24) is 4.98 Å². The van der Waals surface area contributed by atoms with E-state index in [-0.39, 0.29) is 5.75 Å². The molecule has 1 aromatic heterocycles. The molecule has 130 valence electrons. The fourth-order valence-electron chi connectivity index (χ4n) is 2.25. The number of carbonyl (C=O) groups is 1. The molecule has 0 saturated heterocycles. The highest BCUT2D eigenvalue weighted by Gasteiger charge is 2.24. The lowest BCUT2D eigenvalue weighted by Gasteiger charge is -2.09. The average molecular weight is 431 g/mol. The minimum atomic E-state index is -1.05. The molecule has 3 rings (SSSR count). The molecule has 0 aliphatic heterocycles. The Labute approximate surface area is 162 Å². The second-order valence-corrected chi connectivity index (χ2v) is 7.13. The first-order valence-electron chi connectivity index (χ1n) is 7.59. The number of thiazole rings is 1. The summed E-state index contributed by atoms with van der Waals surface area (Å²) in [7, 11) is 0. The van der Waals surface area contributed by atoms with Crippen molar-refractivity contribution in [3.8, 4) is 23.1 Å². The maximum Gasteiger partial charge on any atom is 0.194 e. The minimum absolute atomic E-state index is 0.0395. The summed E-state index contributed by atoms with van der Waals surface area (Å²) < 4.78 is 19.6. The maximum atomic E-state index is 13.8. The second kappa shape index (κ2) is 8.21. The van der Waals surface area contributed by atoms with Crippen LogP contribution in [0, 0.1) is 17.1 Å². The van der Waals surface area contributed by atoms with Gasteiger partial charge in [-0.3, -0.25) is 4.79 Å². The molecule has 0 aliphatic carbocycles. The summed E-state index contributed by atoms with van der Waals surface area (Å²) >= 11 is 4.39. The lowest BCUT2D eigenvalue weighted by atomic mass is 10.1. The van der Waals surface area contributed by atoms with Crippen molar-refractivity contribution in [3.05, 3.63) is 69.2 Å². The van der Waals surface area contributed by atoms with Crippen molar-refractivity contribution >= 4 is 33.0 Å². The van der Waals surface area contributed by atoms with E-state index in [1.165, 1.54) is 23.5 Å². The first-order chi connectivity index (χ1) is 12.6. The van der Waals surface area contributed by atoms with Crippen molar-refractivity contribution in [2.45, 2.75) is 5.92 Å². The summed E-state index contributed by atoms with van der Waals surface area (Å²) in [6.45, 7) is -0.406. The largest absolute Gasteiger partial charge is 0.483 e. The van der Waals surface area contributed by atoms with Gasteiger partial charge in [0.1, 0.15) is 11.6 Å². The van der Waals surface area contributed by atoms with Crippen molar-refractivity contribution in [2.75, 3.05) is 6.61 Å². The highest BCUT2D eigenvalue weighted by atomic mass is 79.9. The van der Waals surface area contributed by atoms with E-state index in [0.717, 1.165) is 5.56 Å². The average Bonchev–Trinajstić information content (AvgIpc) is 3.12. The number of nitriles is 1. The molecule has 1 unspecified atom stereocenters. The molecule has 26 heavy (non-hydrogen) atoms. The monoisotopic (exact) mass is 430 g/mol. The highest BCUT2D eigenvalue weighted by molar-refractivity contribution is 9.10. The van der Waals surface area contributed by atoms with Crippen LogP contribution in [-0.4, -0.2) is 17.4 Å². The van der Waals surface area contributed by atoms with Gasteiger partial charge in [-0.25, -0.2) is 9.37 Å². The first kappa shape index (κ1) is 18.2. The summed E-state index contributed by atoms with van der Waals surface area (Å²) in [5, 5.41) is 11.6. The summed E-state index contributed by atoms with van der Waals surface area (Å²) in [6.07, 6.45) is 0. The normalized spacial score (nSPS) is 11.6. The number of ketones is 1. The zero-order valence-corrected chi connectivity index (χ0v) is 15.8. The van der Waals surface area contributed by atoms with Crippen molar-refractivity contribution in [1.29, 1.82) is 5.26 Å². The molecular formula is C19H12BrFN2O2S. The lowest BCUT2D eigenvalue weighted by Crippen LogP contribution is -2.19. The van der Waals surface area contributed by atoms with Crippen LogP contribution in [0.1, 0.15) is 10.9 Å². The van der Waals surface area contributed by atoms with Gasteiger partial charge < -0.3 is 4.74 Å². The summed E-state index contributed by atoms with van der Waals surface area (Å²) in [4.78, 5) is 16.8. The number of hydrogen-bond donors (Lipinski definition) is 0. The van der Waals surface area contributed by atoms with E-state index < -0.39 is 24.1 Å². The van der Waals surface area contributed by atoms with Gasteiger partial charge in [0.2, 0.25) is 0 Å². The van der Waals surface area contributed by atoms with E-state index in [2.05, 4.69) is 20.9 Å². The molecule has 0 fully saturated rings. The zero-order chi connectivity index (χ0) is 18.5. The predicted molar refractivity (Wildman–Crippen MR) is 101 cm³/mol. The number of Topliss-reactive ketones (excluding diaryl/α,β-unsaturated/α-hetero) is 1. The van der Waals surface area contributed by atoms with Gasteiger partial charge in [-0.15, -0.1) is 11.3 Å². The molecule has 1 heterocycles. The Balaban J connectivity index is 1.71. The van der Waals surface area contributed by atoms with Crippen LogP contribution in [0.3, 0.4) is 0 Å². The van der Waals surface area contributed by atoms with Crippen LogP contribution in [0.2, 0.25) is 0 Å². The van der Waals surface area contributed by atoms with Gasteiger partial charge in [-0.1, -0.05) is 46.3 Å². The van der Waals surface area contributed by atoms with E-state index in [9.17, 15) is 14.4 Å². The zero-order valence-electron chi connectivity index (χ0n) is 13.4. The highest BCUT2D eigenvalue weighted by Crippen LogP contribution is 2.27. The van der Waals surface area contributed by atoms with Gasteiger partial charge >= 0.3 is 0 Å². The number of ether oxygens (including phenoxy) is 1. The molecule has 0 bridgehead atoms. The van der Waals surface area contributed by atoms with Crippen LogP contribution in [0.25, 0.3) is 11.3 Å². The number of benzene rings is 2. The third-order valence-corrected chi connectivity index (χ3v) is 4.96. The number of hydrogen-bond acceptors (Lipinski definition) is 5. The Morgan fingerprint density at radius 2 is 2.08 bits per heavy atom. The van der Waals surface area contributed by atoms with E-state index >= 15 is 0 Å². The Hall–Kier alpha value is -2.56. The van der Waals surface area contributed by atoms with Crippen LogP contribution in [-0.2, 0) is 4.79 Å². The number of halogens is 2. The summed E-state index contributed by atoms with van der Waals surface area (Å²) in [5.41, 5.74) is 1.62. The van der Waals surface area contributed by atoms with Crippen LogP contribution >= 0.6 is 27.3 Å². The van der Waals surface area contributed by atoms with E-state index in [0.29, 0.717) is 15.2 Å². The number of carbonyl (C=O) groups excluding carboxylic acids is 1. The van der Waals surface area contributed by atoms with E-state index in [1.54, 1.807) is 11.4 Å². The molecule has 4 nitrogen and oxygen atoms in total. The van der Waals surface area contributed by atoms with Gasteiger partial charge in [0, 0.05) is 15.4 Å². The molecule has 0 radical (unpaired) electrons. The lowest BCUT2D eigenvalue weighted by molar-refractivity contribution is -0.121. The summed E-state index contributed by atoms with van der Waals surface area (Å²) in [6, 6.07) is 15.7. The summed E-state index contributed by atoms with van der Waals surface area (Å²) in [5.74, 6) is -2.14. The predicted octanol–water partition coefficient (Wildman–Crippen LogP) is 4.97. The molecule has 0 saturated carbocycles. The second-order valence-electron chi connectivity index (χ2n) is 5.33. The van der Waals surface area contributed by atoms with E-state index in [1.807, 2.05) is 36.4 Å². The molecule has 7 heteroatoms. The smallest absolute Gasteiger partial charge is 0.194 e. The fraction of sp³-hybridized carbons (Fsp3) is 0.105. The first-order valence-corrected chi connectivity index (χ1v) is 9.27. The fourth-order valence-corrected chi connectivity index (χ4v) is 3.48. The topological polar surface area (TPSA) is 63.0 Å². The Bertz CT molecular complexity index is 969. The maximum absolute atomic E-state index is 13.8. The van der Waals surface area contributed by atoms with Crippen molar-refractivity contribution < 1.29 is 13.9 Å². The Morgan fingerprint density at radius 3 is 2.77 bits per heavy atom. The van der Waals surface area contributed by atoms with Gasteiger partial charge in [-0.2, -0.15) is 5.26 Å². The van der Waals surface area contributed by atoms with E-state index in [4.69, 9.17) is 4.74 Å². The molecule has 1 atom stereocenters. The van der Waals surface area contributed by atoms with Crippen LogP contribution in [0.15, 0.2) is 58.4 Å². The van der Waals surface area contributed by atoms with Gasteiger partial charge in [0.05, 0.1) is 11.8 Å². The Kier molecular flexibility index (Phi) is 5.76.